The van der Waals surface area contributed by atoms with Crippen molar-refractivity contribution in [3.05, 3.63) is 11.7 Å². The Balaban J connectivity index is 2.35. The highest BCUT2D eigenvalue weighted by Gasteiger charge is 2.41. The van der Waals surface area contributed by atoms with Gasteiger partial charge in [-0.25, -0.2) is 14.7 Å². The second kappa shape index (κ2) is 5.89. The predicted octanol–water partition coefficient (Wildman–Crippen LogP) is 0.877. The summed E-state index contributed by atoms with van der Waals surface area (Å²) in [5, 5.41) is 3.32. The number of nitrogens with zero attached hydrogens (tertiary/aromatic N) is 2. The van der Waals surface area contributed by atoms with Crippen molar-refractivity contribution < 1.29 is 31.7 Å². The SMILES string of the molecule is NOCc1nc(COCC(F)(F)C(F)F)no1. The first kappa shape index (κ1) is 13.8. The molecule has 0 aliphatic heterocycles. The fourth-order valence-corrected chi connectivity index (χ4v) is 0.820. The largest absolute Gasteiger partial charge is 0.367 e. The monoisotopic (exact) mass is 259 g/mol. The lowest BCUT2D eigenvalue weighted by molar-refractivity contribution is -0.168. The quantitative estimate of drug-likeness (QED) is 0.578. The van der Waals surface area contributed by atoms with Crippen molar-refractivity contribution in [3.63, 3.8) is 0 Å². The lowest BCUT2D eigenvalue weighted by atomic mass is 10.4. The van der Waals surface area contributed by atoms with E-state index in [4.69, 9.17) is 5.90 Å². The van der Waals surface area contributed by atoms with Crippen LogP contribution in [0.5, 0.6) is 0 Å². The van der Waals surface area contributed by atoms with E-state index in [1.807, 2.05) is 0 Å². The summed E-state index contributed by atoms with van der Waals surface area (Å²) in [6.07, 6.45) is -3.78. The van der Waals surface area contributed by atoms with E-state index < -0.39 is 25.6 Å². The number of nitrogens with two attached hydrogens (primary N) is 1. The standard InChI is InChI=1S/C7H9F4N3O3/c8-6(9)7(10,11)3-15-1-4-13-5(2-16-12)17-14-4/h6H,1-3,12H2. The molecular formula is C7H9F4N3O3. The summed E-state index contributed by atoms with van der Waals surface area (Å²) in [5.41, 5.74) is 0. The molecule has 1 rings (SSSR count). The zero-order valence-corrected chi connectivity index (χ0v) is 8.41. The van der Waals surface area contributed by atoms with Crippen LogP contribution in [0.1, 0.15) is 11.7 Å². The van der Waals surface area contributed by atoms with E-state index in [2.05, 4.69) is 24.2 Å². The van der Waals surface area contributed by atoms with Crippen LogP contribution < -0.4 is 5.90 Å². The number of alkyl halides is 4. The molecule has 2 N–H and O–H groups in total. The van der Waals surface area contributed by atoms with E-state index in [1.54, 1.807) is 0 Å². The van der Waals surface area contributed by atoms with Gasteiger partial charge < -0.3 is 9.26 Å². The van der Waals surface area contributed by atoms with Gasteiger partial charge in [0.05, 0.1) is 0 Å². The summed E-state index contributed by atoms with van der Waals surface area (Å²) < 4.78 is 57.2. The first-order valence-corrected chi connectivity index (χ1v) is 4.32. The van der Waals surface area contributed by atoms with Crippen molar-refractivity contribution >= 4 is 0 Å². The third kappa shape index (κ3) is 4.24. The molecule has 0 aromatic carbocycles. The fourth-order valence-electron chi connectivity index (χ4n) is 0.820. The van der Waals surface area contributed by atoms with Gasteiger partial charge in [-0.2, -0.15) is 13.8 Å². The molecule has 98 valence electrons. The number of hydrogen-bond acceptors (Lipinski definition) is 6. The predicted molar refractivity (Wildman–Crippen MR) is 43.9 cm³/mol. The molecule has 0 unspecified atom stereocenters. The van der Waals surface area contributed by atoms with Gasteiger partial charge in [0.15, 0.2) is 5.82 Å². The Labute approximate surface area is 92.6 Å². The number of aromatic nitrogens is 2. The molecule has 0 saturated heterocycles. The molecule has 1 aromatic rings. The Kier molecular flexibility index (Phi) is 4.78. The molecule has 0 bridgehead atoms. The second-order valence-electron chi connectivity index (χ2n) is 2.97. The first-order chi connectivity index (χ1) is 7.95. The Morgan fingerprint density at radius 2 is 2.06 bits per heavy atom. The van der Waals surface area contributed by atoms with Gasteiger partial charge in [-0.15, -0.1) is 0 Å². The number of ether oxygens (including phenoxy) is 1. The van der Waals surface area contributed by atoms with E-state index in [0.29, 0.717) is 0 Å². The van der Waals surface area contributed by atoms with Crippen LogP contribution in [0, 0.1) is 0 Å². The molecule has 0 radical (unpaired) electrons. The molecule has 6 nitrogen and oxygen atoms in total. The van der Waals surface area contributed by atoms with Crippen molar-refractivity contribution in [3.8, 4) is 0 Å². The summed E-state index contributed by atoms with van der Waals surface area (Å²) in [6, 6.07) is 0. The van der Waals surface area contributed by atoms with E-state index in [-0.39, 0.29) is 18.3 Å². The van der Waals surface area contributed by atoms with Crippen molar-refractivity contribution in [2.45, 2.75) is 25.6 Å². The first-order valence-electron chi connectivity index (χ1n) is 4.32. The topological polar surface area (TPSA) is 83.4 Å². The average Bonchev–Trinajstić information content (AvgIpc) is 2.66. The minimum absolute atomic E-state index is 0.0201. The van der Waals surface area contributed by atoms with E-state index in [1.165, 1.54) is 0 Å². The van der Waals surface area contributed by atoms with Crippen LogP contribution in [-0.2, 0) is 22.8 Å². The molecule has 0 atom stereocenters. The van der Waals surface area contributed by atoms with Gasteiger partial charge in [0.1, 0.15) is 19.8 Å². The molecule has 1 aromatic heterocycles. The Morgan fingerprint density at radius 3 is 2.65 bits per heavy atom. The van der Waals surface area contributed by atoms with Gasteiger partial charge in [0, 0.05) is 0 Å². The molecule has 0 saturated carbocycles. The van der Waals surface area contributed by atoms with Crippen LogP contribution in [0.4, 0.5) is 17.6 Å². The Morgan fingerprint density at radius 1 is 1.35 bits per heavy atom. The van der Waals surface area contributed by atoms with Crippen LogP contribution in [0.2, 0.25) is 0 Å². The van der Waals surface area contributed by atoms with Crippen LogP contribution in [0.25, 0.3) is 0 Å². The minimum atomic E-state index is -4.20. The smallest absolute Gasteiger partial charge is 0.330 e. The van der Waals surface area contributed by atoms with E-state index in [9.17, 15) is 17.6 Å². The second-order valence-corrected chi connectivity index (χ2v) is 2.97. The Hall–Kier alpha value is -1.26. The minimum Gasteiger partial charge on any atom is -0.367 e. The summed E-state index contributed by atoms with van der Waals surface area (Å²) in [6.45, 7) is -2.06. The van der Waals surface area contributed by atoms with Gasteiger partial charge in [0.2, 0.25) is 0 Å². The normalized spacial score (nSPS) is 12.4. The van der Waals surface area contributed by atoms with Crippen LogP contribution in [-0.4, -0.2) is 29.1 Å². The fraction of sp³-hybridized carbons (Fsp3) is 0.714. The van der Waals surface area contributed by atoms with Crippen molar-refractivity contribution in [2.24, 2.45) is 5.90 Å². The molecule has 0 aliphatic rings. The number of hydrogen-bond donors (Lipinski definition) is 1. The van der Waals surface area contributed by atoms with Gasteiger partial charge in [-0.1, -0.05) is 5.16 Å². The third-order valence-corrected chi connectivity index (χ3v) is 1.56. The zero-order valence-electron chi connectivity index (χ0n) is 8.41. The molecular weight excluding hydrogens is 250 g/mol. The average molecular weight is 259 g/mol. The Bertz CT molecular complexity index is 347. The molecule has 17 heavy (non-hydrogen) atoms. The molecule has 0 amide bonds. The van der Waals surface area contributed by atoms with E-state index >= 15 is 0 Å². The van der Waals surface area contributed by atoms with Crippen LogP contribution in [0.15, 0.2) is 4.52 Å². The molecule has 0 fully saturated rings. The van der Waals surface area contributed by atoms with Crippen LogP contribution >= 0.6 is 0 Å². The van der Waals surface area contributed by atoms with Crippen molar-refractivity contribution in [1.29, 1.82) is 0 Å². The van der Waals surface area contributed by atoms with Gasteiger partial charge in [-0.3, -0.25) is 4.84 Å². The highest BCUT2D eigenvalue weighted by molar-refractivity contribution is 4.82. The molecule has 1 heterocycles. The van der Waals surface area contributed by atoms with Gasteiger partial charge >= 0.3 is 12.3 Å². The maximum absolute atomic E-state index is 12.4. The van der Waals surface area contributed by atoms with Crippen molar-refractivity contribution in [1.82, 2.24) is 10.1 Å². The zero-order chi connectivity index (χ0) is 12.9. The maximum atomic E-state index is 12.4. The van der Waals surface area contributed by atoms with E-state index in [0.717, 1.165) is 0 Å². The summed E-state index contributed by atoms with van der Waals surface area (Å²) >= 11 is 0. The number of rotatable bonds is 7. The molecule has 0 spiro atoms. The van der Waals surface area contributed by atoms with Crippen molar-refractivity contribution in [2.75, 3.05) is 6.61 Å². The molecule has 0 aliphatic carbocycles. The summed E-state index contributed by atoms with van der Waals surface area (Å²) in [5.74, 6) is 0.470. The third-order valence-electron chi connectivity index (χ3n) is 1.56. The summed E-state index contributed by atoms with van der Waals surface area (Å²) in [7, 11) is 0. The molecule has 10 heteroatoms. The highest BCUT2D eigenvalue weighted by Crippen LogP contribution is 2.23. The number of halogens is 4. The maximum Gasteiger partial charge on any atom is 0.330 e. The summed E-state index contributed by atoms with van der Waals surface area (Å²) in [4.78, 5) is 7.80. The van der Waals surface area contributed by atoms with Gasteiger partial charge in [0.25, 0.3) is 5.89 Å². The highest BCUT2D eigenvalue weighted by atomic mass is 19.3. The van der Waals surface area contributed by atoms with Crippen LogP contribution in [0.3, 0.4) is 0 Å². The lowest BCUT2D eigenvalue weighted by Gasteiger charge is -2.14. The van der Waals surface area contributed by atoms with Gasteiger partial charge in [-0.05, 0) is 0 Å². The lowest BCUT2D eigenvalue weighted by Crippen LogP contribution is -2.32.